The summed E-state index contributed by atoms with van der Waals surface area (Å²) in [6, 6.07) is 5.90. The average molecular weight is 322 g/mol. The molecular weight excluding hydrogens is 302 g/mol. The first-order valence-corrected chi connectivity index (χ1v) is 8.09. The summed E-state index contributed by atoms with van der Waals surface area (Å²) in [7, 11) is -4.03. The van der Waals surface area contributed by atoms with E-state index >= 15 is 0 Å². The highest BCUT2D eigenvalue weighted by molar-refractivity contribution is 7.89. The van der Waals surface area contributed by atoms with Crippen molar-refractivity contribution in [2.75, 3.05) is 31.6 Å². The van der Waals surface area contributed by atoms with Gasteiger partial charge in [0, 0.05) is 18.8 Å². The van der Waals surface area contributed by atoms with Gasteiger partial charge in [-0.2, -0.15) is 4.31 Å². The van der Waals surface area contributed by atoms with Crippen LogP contribution in [0.3, 0.4) is 0 Å². The number of halogens is 2. The summed E-state index contributed by atoms with van der Waals surface area (Å²) in [5.74, 6) is 0. The van der Waals surface area contributed by atoms with E-state index < -0.39 is 29.6 Å². The van der Waals surface area contributed by atoms with Gasteiger partial charge in [-0.15, -0.1) is 0 Å². The zero-order valence-corrected chi connectivity index (χ0v) is 12.6. The molecular formula is C13H20F2N2O3S. The molecule has 0 aliphatic rings. The Morgan fingerprint density at radius 1 is 1.29 bits per heavy atom. The van der Waals surface area contributed by atoms with Crippen LogP contribution in [0.25, 0.3) is 0 Å². The van der Waals surface area contributed by atoms with E-state index in [1.54, 1.807) is 12.1 Å². The van der Waals surface area contributed by atoms with E-state index in [0.29, 0.717) is 4.31 Å². The van der Waals surface area contributed by atoms with Crippen molar-refractivity contribution in [1.82, 2.24) is 4.31 Å². The number of sulfonamides is 1. The molecule has 0 aromatic heterocycles. The van der Waals surface area contributed by atoms with E-state index in [-0.39, 0.29) is 11.4 Å². The summed E-state index contributed by atoms with van der Waals surface area (Å²) < 4.78 is 50.0. The number of aliphatic hydroxyl groups is 1. The lowest BCUT2D eigenvalue weighted by atomic mass is 10.3. The van der Waals surface area contributed by atoms with Crippen LogP contribution >= 0.6 is 0 Å². The highest BCUT2D eigenvalue weighted by atomic mass is 32.2. The lowest BCUT2D eigenvalue weighted by molar-refractivity contribution is 0.113. The fourth-order valence-corrected chi connectivity index (χ4v) is 3.15. The number of alkyl halides is 2. The minimum atomic E-state index is -4.03. The van der Waals surface area contributed by atoms with Crippen molar-refractivity contribution in [1.29, 1.82) is 0 Å². The SMILES string of the molecule is CCCNc1ccc(S(=O)(=O)N(CCO)CC(F)F)cc1. The third-order valence-electron chi connectivity index (χ3n) is 2.76. The normalized spacial score (nSPS) is 12.1. The van der Waals surface area contributed by atoms with Crippen LogP contribution in [0.4, 0.5) is 14.5 Å². The number of nitrogens with zero attached hydrogens (tertiary/aromatic N) is 1. The minimum absolute atomic E-state index is 0.0707. The molecule has 1 aromatic carbocycles. The van der Waals surface area contributed by atoms with Crippen molar-refractivity contribution < 1.29 is 22.3 Å². The van der Waals surface area contributed by atoms with Gasteiger partial charge < -0.3 is 10.4 Å². The Morgan fingerprint density at radius 2 is 1.90 bits per heavy atom. The second-order valence-corrected chi connectivity index (χ2v) is 6.37. The molecule has 2 N–H and O–H groups in total. The first-order chi connectivity index (χ1) is 9.91. The van der Waals surface area contributed by atoms with Crippen LogP contribution in [0.15, 0.2) is 29.2 Å². The maximum Gasteiger partial charge on any atom is 0.252 e. The van der Waals surface area contributed by atoms with Gasteiger partial charge in [-0.1, -0.05) is 6.92 Å². The van der Waals surface area contributed by atoms with E-state index in [0.717, 1.165) is 18.7 Å². The predicted molar refractivity (Wildman–Crippen MR) is 77.1 cm³/mol. The van der Waals surface area contributed by atoms with E-state index in [4.69, 9.17) is 5.11 Å². The van der Waals surface area contributed by atoms with Gasteiger partial charge in [-0.05, 0) is 30.7 Å². The molecule has 0 radical (unpaired) electrons. The molecule has 0 saturated carbocycles. The molecule has 0 fully saturated rings. The summed E-state index contributed by atoms with van der Waals surface area (Å²) in [6.07, 6.45) is -1.87. The zero-order chi connectivity index (χ0) is 15.9. The van der Waals surface area contributed by atoms with Gasteiger partial charge in [-0.25, -0.2) is 17.2 Å². The Morgan fingerprint density at radius 3 is 2.38 bits per heavy atom. The second kappa shape index (κ2) is 8.26. The molecule has 0 amide bonds. The number of hydrogen-bond donors (Lipinski definition) is 2. The summed E-state index contributed by atoms with van der Waals surface area (Å²) in [5.41, 5.74) is 0.762. The highest BCUT2D eigenvalue weighted by Crippen LogP contribution is 2.19. The average Bonchev–Trinajstić information content (AvgIpc) is 2.44. The standard InChI is InChI=1S/C13H20F2N2O3S/c1-2-7-16-11-3-5-12(6-4-11)21(19,20)17(8-9-18)10-13(14)15/h3-6,13,16,18H,2,7-10H2,1H3. The number of nitrogens with one attached hydrogen (secondary N) is 1. The van der Waals surface area contributed by atoms with Gasteiger partial charge >= 0.3 is 0 Å². The minimum Gasteiger partial charge on any atom is -0.395 e. The van der Waals surface area contributed by atoms with Crippen LogP contribution < -0.4 is 5.32 Å². The molecule has 0 bridgehead atoms. The van der Waals surface area contributed by atoms with Gasteiger partial charge in [0.2, 0.25) is 10.0 Å². The van der Waals surface area contributed by atoms with Crippen molar-refractivity contribution in [3.63, 3.8) is 0 Å². The number of anilines is 1. The summed E-state index contributed by atoms with van der Waals surface area (Å²) in [5, 5.41) is 11.9. The molecule has 0 spiro atoms. The molecule has 0 atom stereocenters. The molecule has 0 unspecified atom stereocenters. The van der Waals surface area contributed by atoms with Gasteiger partial charge in [0.1, 0.15) is 0 Å². The molecule has 8 heteroatoms. The van der Waals surface area contributed by atoms with Gasteiger partial charge in [-0.3, -0.25) is 0 Å². The Labute approximate surface area is 123 Å². The van der Waals surface area contributed by atoms with Gasteiger partial charge in [0.25, 0.3) is 6.43 Å². The summed E-state index contributed by atoms with van der Waals surface area (Å²) in [6.45, 7) is 0.959. The molecule has 1 rings (SSSR count). The molecule has 0 aliphatic heterocycles. The van der Waals surface area contributed by atoms with Crippen molar-refractivity contribution in [3.05, 3.63) is 24.3 Å². The molecule has 1 aromatic rings. The predicted octanol–water partition coefficient (Wildman–Crippen LogP) is 1.76. The maximum absolute atomic E-state index is 12.5. The van der Waals surface area contributed by atoms with Crippen LogP contribution in [-0.4, -0.2) is 50.5 Å². The van der Waals surface area contributed by atoms with E-state index in [1.807, 2.05) is 6.92 Å². The fourth-order valence-electron chi connectivity index (χ4n) is 1.74. The Kier molecular flexibility index (Phi) is 7.00. The van der Waals surface area contributed by atoms with Crippen molar-refractivity contribution in [2.45, 2.75) is 24.7 Å². The van der Waals surface area contributed by atoms with Crippen LogP contribution in [0.5, 0.6) is 0 Å². The number of hydrogen-bond acceptors (Lipinski definition) is 4. The largest absolute Gasteiger partial charge is 0.395 e. The van der Waals surface area contributed by atoms with E-state index in [2.05, 4.69) is 5.32 Å². The first kappa shape index (κ1) is 17.8. The zero-order valence-electron chi connectivity index (χ0n) is 11.8. The highest BCUT2D eigenvalue weighted by Gasteiger charge is 2.26. The Balaban J connectivity index is 2.93. The van der Waals surface area contributed by atoms with Crippen molar-refractivity contribution in [2.24, 2.45) is 0 Å². The molecule has 21 heavy (non-hydrogen) atoms. The van der Waals surface area contributed by atoms with Crippen LogP contribution in [0.1, 0.15) is 13.3 Å². The van der Waals surface area contributed by atoms with E-state index in [9.17, 15) is 17.2 Å². The topological polar surface area (TPSA) is 69.6 Å². The summed E-state index contributed by atoms with van der Waals surface area (Å²) >= 11 is 0. The van der Waals surface area contributed by atoms with Crippen LogP contribution in [0.2, 0.25) is 0 Å². The van der Waals surface area contributed by atoms with E-state index in [1.165, 1.54) is 12.1 Å². The fraction of sp³-hybridized carbons (Fsp3) is 0.538. The number of benzene rings is 1. The molecule has 120 valence electrons. The molecule has 0 saturated heterocycles. The Hall–Kier alpha value is -1.25. The molecule has 0 heterocycles. The molecule has 5 nitrogen and oxygen atoms in total. The van der Waals surface area contributed by atoms with Crippen molar-refractivity contribution in [3.8, 4) is 0 Å². The van der Waals surface area contributed by atoms with Crippen LogP contribution in [0, 0.1) is 0 Å². The van der Waals surface area contributed by atoms with Crippen LogP contribution in [-0.2, 0) is 10.0 Å². The molecule has 0 aliphatic carbocycles. The van der Waals surface area contributed by atoms with Gasteiger partial charge in [0.15, 0.2) is 0 Å². The lowest BCUT2D eigenvalue weighted by Gasteiger charge is -2.21. The third-order valence-corrected chi connectivity index (χ3v) is 4.64. The van der Waals surface area contributed by atoms with Crippen molar-refractivity contribution >= 4 is 15.7 Å². The number of rotatable bonds is 9. The Bertz CT molecular complexity index is 521. The lowest BCUT2D eigenvalue weighted by Crippen LogP contribution is -2.37. The maximum atomic E-state index is 12.5. The third kappa shape index (κ3) is 5.22. The van der Waals surface area contributed by atoms with Gasteiger partial charge in [0.05, 0.1) is 18.0 Å². The quantitative estimate of drug-likeness (QED) is 0.727. The second-order valence-electron chi connectivity index (χ2n) is 4.43. The monoisotopic (exact) mass is 322 g/mol. The smallest absolute Gasteiger partial charge is 0.252 e. The summed E-state index contributed by atoms with van der Waals surface area (Å²) in [4.78, 5) is -0.0707. The first-order valence-electron chi connectivity index (χ1n) is 6.65. The number of aliphatic hydroxyl groups excluding tert-OH is 1.